The molecule has 0 aliphatic rings. The molecule has 0 saturated carbocycles. The summed E-state index contributed by atoms with van der Waals surface area (Å²) in [5.41, 5.74) is 0. The summed E-state index contributed by atoms with van der Waals surface area (Å²) in [5.74, 6) is 0. The second-order valence-corrected chi connectivity index (χ2v) is 9.61. The van der Waals surface area contributed by atoms with Crippen molar-refractivity contribution in [2.75, 3.05) is 68.6 Å². The first-order chi connectivity index (χ1) is 10.4. The molecule has 0 fully saturated rings. The van der Waals surface area contributed by atoms with Gasteiger partial charge in [-0.2, -0.15) is 0 Å². The molecule has 0 spiro atoms. The largest absolute Gasteiger partial charge is 0.393 e. The van der Waals surface area contributed by atoms with Crippen molar-refractivity contribution in [1.29, 1.82) is 0 Å². The molecular weight excluding hydrogens is 294 g/mol. The summed E-state index contributed by atoms with van der Waals surface area (Å²) in [6, 6.07) is 2.23. The summed E-state index contributed by atoms with van der Waals surface area (Å²) in [7, 11) is 10.1. The highest BCUT2D eigenvalue weighted by Gasteiger charge is 2.35. The summed E-state index contributed by atoms with van der Waals surface area (Å²) >= 11 is 0. The Balaban J connectivity index is 0. The van der Waals surface area contributed by atoms with Crippen molar-refractivity contribution < 1.29 is 8.85 Å². The lowest BCUT2D eigenvalue weighted by Crippen LogP contribution is -2.44. The Morgan fingerprint density at radius 3 is 1.32 bits per heavy atom. The van der Waals surface area contributed by atoms with Crippen LogP contribution in [0, 0.1) is 0 Å². The van der Waals surface area contributed by atoms with Gasteiger partial charge in [0.05, 0.1) is 0 Å². The monoisotopic (exact) mass is 335 g/mol. The number of nitrogens with zero attached hydrogens (tertiary/aromatic N) is 2. The second-order valence-electron chi connectivity index (χ2n) is 6.21. The third-order valence-corrected chi connectivity index (χ3v) is 7.05. The van der Waals surface area contributed by atoms with Gasteiger partial charge in [-0.05, 0) is 54.4 Å². The van der Waals surface area contributed by atoms with E-state index in [0.29, 0.717) is 0 Å². The molecule has 0 aromatic heterocycles. The molecule has 0 bridgehead atoms. The standard InChI is InChI=1S/C14H34N2O2Si.C2H7N/c1-7-13-19(14-8-2,17-11-9-15(3)4)18-12-10-16(5)6;1-3-2/h7-14H2,1-6H3;3H,1-2H3. The van der Waals surface area contributed by atoms with Crippen LogP contribution in [0.25, 0.3) is 0 Å². The van der Waals surface area contributed by atoms with Crippen molar-refractivity contribution in [3.8, 4) is 0 Å². The van der Waals surface area contributed by atoms with E-state index in [1.165, 1.54) is 0 Å². The molecule has 0 aromatic rings. The van der Waals surface area contributed by atoms with Crippen LogP contribution in [-0.4, -0.2) is 87.0 Å². The Kier molecular flexibility index (Phi) is 17.5. The van der Waals surface area contributed by atoms with Crippen molar-refractivity contribution in [3.05, 3.63) is 0 Å². The van der Waals surface area contributed by atoms with E-state index in [-0.39, 0.29) is 0 Å². The van der Waals surface area contributed by atoms with Gasteiger partial charge in [-0.1, -0.05) is 26.7 Å². The Morgan fingerprint density at radius 2 is 1.09 bits per heavy atom. The van der Waals surface area contributed by atoms with E-state index in [1.807, 2.05) is 14.1 Å². The third kappa shape index (κ3) is 14.9. The van der Waals surface area contributed by atoms with E-state index < -0.39 is 8.56 Å². The highest BCUT2D eigenvalue weighted by molar-refractivity contribution is 6.67. The molecule has 0 aromatic carbocycles. The molecule has 0 radical (unpaired) electrons. The van der Waals surface area contributed by atoms with Gasteiger partial charge in [-0.15, -0.1) is 0 Å². The molecule has 0 aliphatic heterocycles. The maximum absolute atomic E-state index is 6.26. The van der Waals surface area contributed by atoms with Crippen LogP contribution < -0.4 is 5.32 Å². The number of rotatable bonds is 12. The molecule has 0 rings (SSSR count). The molecule has 136 valence electrons. The Hall–Kier alpha value is 0.0169. The van der Waals surface area contributed by atoms with Gasteiger partial charge < -0.3 is 24.0 Å². The van der Waals surface area contributed by atoms with Crippen molar-refractivity contribution in [3.63, 3.8) is 0 Å². The fourth-order valence-corrected chi connectivity index (χ4v) is 5.41. The predicted octanol–water partition coefficient (Wildman–Crippen LogP) is 2.24. The van der Waals surface area contributed by atoms with Crippen LogP contribution in [-0.2, 0) is 8.85 Å². The topological polar surface area (TPSA) is 37.0 Å². The molecular formula is C16H41N3O2Si. The molecule has 22 heavy (non-hydrogen) atoms. The van der Waals surface area contributed by atoms with E-state index in [4.69, 9.17) is 8.85 Å². The highest BCUT2D eigenvalue weighted by Crippen LogP contribution is 2.22. The smallest absolute Gasteiger partial charge is 0.338 e. The van der Waals surface area contributed by atoms with E-state index in [2.05, 4.69) is 57.2 Å². The first-order valence-electron chi connectivity index (χ1n) is 8.53. The van der Waals surface area contributed by atoms with Crippen LogP contribution in [0.5, 0.6) is 0 Å². The van der Waals surface area contributed by atoms with Gasteiger partial charge in [0.25, 0.3) is 0 Å². The van der Waals surface area contributed by atoms with E-state index in [9.17, 15) is 0 Å². The zero-order chi connectivity index (χ0) is 17.4. The molecule has 5 nitrogen and oxygen atoms in total. The van der Waals surface area contributed by atoms with Gasteiger partial charge in [0.15, 0.2) is 0 Å². The zero-order valence-corrected chi connectivity index (χ0v) is 17.4. The van der Waals surface area contributed by atoms with Crippen LogP contribution in [0.3, 0.4) is 0 Å². The minimum atomic E-state index is -1.98. The minimum absolute atomic E-state index is 0.793. The summed E-state index contributed by atoms with van der Waals surface area (Å²) in [6.45, 7) is 7.98. The van der Waals surface area contributed by atoms with Gasteiger partial charge in [0, 0.05) is 26.3 Å². The van der Waals surface area contributed by atoms with Crippen molar-refractivity contribution in [2.24, 2.45) is 0 Å². The Morgan fingerprint density at radius 1 is 0.773 bits per heavy atom. The fraction of sp³-hybridized carbons (Fsp3) is 1.00. The predicted molar refractivity (Wildman–Crippen MR) is 99.9 cm³/mol. The third-order valence-electron chi connectivity index (χ3n) is 3.07. The Labute approximate surface area is 140 Å². The quantitative estimate of drug-likeness (QED) is 0.554. The van der Waals surface area contributed by atoms with E-state index in [0.717, 1.165) is 51.2 Å². The van der Waals surface area contributed by atoms with Crippen molar-refractivity contribution in [1.82, 2.24) is 15.1 Å². The van der Waals surface area contributed by atoms with Crippen LogP contribution in [0.15, 0.2) is 0 Å². The van der Waals surface area contributed by atoms with Gasteiger partial charge in [-0.3, -0.25) is 0 Å². The summed E-state index contributed by atoms with van der Waals surface area (Å²) in [6.07, 6.45) is 2.30. The normalized spacial score (nSPS) is 11.7. The van der Waals surface area contributed by atoms with Gasteiger partial charge in [0.1, 0.15) is 0 Å². The SMILES string of the molecule is CCC[Si](CCC)(OCCN(C)C)OCCN(C)C.CNC. The lowest BCUT2D eigenvalue weighted by molar-refractivity contribution is 0.144. The van der Waals surface area contributed by atoms with Gasteiger partial charge in [0.2, 0.25) is 0 Å². The molecule has 0 heterocycles. The average molecular weight is 336 g/mol. The molecule has 1 N–H and O–H groups in total. The maximum atomic E-state index is 6.26. The molecule has 6 heteroatoms. The molecule has 0 atom stereocenters. The lowest BCUT2D eigenvalue weighted by Gasteiger charge is -2.31. The van der Waals surface area contributed by atoms with Crippen molar-refractivity contribution in [2.45, 2.75) is 38.8 Å². The molecule has 0 unspecified atom stereocenters. The summed E-state index contributed by atoms with van der Waals surface area (Å²) < 4.78 is 12.5. The molecule has 0 amide bonds. The molecule has 0 saturated heterocycles. The summed E-state index contributed by atoms with van der Waals surface area (Å²) in [4.78, 5) is 4.33. The lowest BCUT2D eigenvalue weighted by atomic mass is 10.6. The van der Waals surface area contributed by atoms with Crippen molar-refractivity contribution >= 4 is 8.56 Å². The first-order valence-corrected chi connectivity index (χ1v) is 10.8. The summed E-state index contributed by atoms with van der Waals surface area (Å²) in [5, 5.41) is 2.75. The van der Waals surface area contributed by atoms with E-state index >= 15 is 0 Å². The average Bonchev–Trinajstić information content (AvgIpc) is 2.39. The minimum Gasteiger partial charge on any atom is -0.393 e. The van der Waals surface area contributed by atoms with Crippen LogP contribution in [0.1, 0.15) is 26.7 Å². The van der Waals surface area contributed by atoms with Gasteiger partial charge in [-0.25, -0.2) is 0 Å². The van der Waals surface area contributed by atoms with Crippen LogP contribution >= 0.6 is 0 Å². The van der Waals surface area contributed by atoms with Crippen LogP contribution in [0.2, 0.25) is 12.1 Å². The first kappa shape index (κ1) is 24.3. The maximum Gasteiger partial charge on any atom is 0.338 e. The second kappa shape index (κ2) is 15.9. The van der Waals surface area contributed by atoms with Gasteiger partial charge >= 0.3 is 8.56 Å². The van der Waals surface area contributed by atoms with Crippen LogP contribution in [0.4, 0.5) is 0 Å². The number of nitrogens with one attached hydrogen (secondary N) is 1. The number of likely N-dealkylation sites (N-methyl/N-ethyl adjacent to an activating group) is 2. The molecule has 0 aliphatic carbocycles. The van der Waals surface area contributed by atoms with E-state index in [1.54, 1.807) is 0 Å². The number of hydrogen-bond acceptors (Lipinski definition) is 5. The fourth-order valence-electron chi connectivity index (χ4n) is 2.05. The zero-order valence-electron chi connectivity index (χ0n) is 16.4. The Bertz CT molecular complexity index is 207. The number of hydrogen-bond donors (Lipinski definition) is 1. The highest BCUT2D eigenvalue weighted by atomic mass is 28.4.